The van der Waals surface area contributed by atoms with E-state index in [1.165, 1.54) is 40.6 Å². The van der Waals surface area contributed by atoms with Crippen LogP contribution in [0.15, 0.2) is 48.5 Å². The van der Waals surface area contributed by atoms with Crippen LogP contribution in [0.2, 0.25) is 0 Å². The maximum Gasteiger partial charge on any atom is 0.0190 e. The van der Waals surface area contributed by atoms with Crippen LogP contribution in [0.3, 0.4) is 0 Å². The number of hydrogen-bond donors (Lipinski definition) is 0. The van der Waals surface area contributed by atoms with Gasteiger partial charge in [-0.1, -0.05) is 48.5 Å². The molecule has 2 aromatic carbocycles. The van der Waals surface area contributed by atoms with Gasteiger partial charge in [-0.15, -0.1) is 0 Å². The van der Waals surface area contributed by atoms with Gasteiger partial charge in [0.15, 0.2) is 0 Å². The van der Waals surface area contributed by atoms with Crippen LogP contribution in [-0.2, 0) is 23.7 Å². The maximum absolute atomic E-state index is 2.25. The molecule has 0 aromatic heterocycles. The van der Waals surface area contributed by atoms with Gasteiger partial charge < -0.3 is 0 Å². The van der Waals surface area contributed by atoms with E-state index in [0.29, 0.717) is 0 Å². The molecular formula is C17H18S2. The summed E-state index contributed by atoms with van der Waals surface area (Å²) >= 11 is 4.04. The van der Waals surface area contributed by atoms with Crippen molar-refractivity contribution in [2.24, 2.45) is 0 Å². The van der Waals surface area contributed by atoms with Crippen LogP contribution in [-0.4, -0.2) is 5.75 Å². The highest BCUT2D eigenvalue weighted by molar-refractivity contribution is 7.98. The van der Waals surface area contributed by atoms with Crippen LogP contribution < -0.4 is 0 Å². The first-order valence-corrected chi connectivity index (χ1v) is 9.03. The lowest BCUT2D eigenvalue weighted by molar-refractivity contribution is 1.09. The standard InChI is InChI=1S/C9H10S.C8H8S/c1-2-4-9-7-10-6-5-8(9)3-1;1-2-4-8-6-9-5-7(8)3-1/h1-4H,5-7H2;1-4H,5-6H2. The Bertz CT molecular complexity index is 500. The number of rotatable bonds is 0. The molecule has 4 rings (SSSR count). The van der Waals surface area contributed by atoms with Crippen molar-refractivity contribution in [2.45, 2.75) is 23.7 Å². The van der Waals surface area contributed by atoms with Crippen molar-refractivity contribution < 1.29 is 0 Å². The van der Waals surface area contributed by atoms with Gasteiger partial charge in [-0.2, -0.15) is 23.5 Å². The van der Waals surface area contributed by atoms with E-state index in [-0.39, 0.29) is 0 Å². The summed E-state index contributed by atoms with van der Waals surface area (Å²) in [5, 5.41) is 0. The Balaban J connectivity index is 0.000000117. The molecular weight excluding hydrogens is 268 g/mol. The van der Waals surface area contributed by atoms with Crippen molar-refractivity contribution >= 4 is 23.5 Å². The summed E-state index contributed by atoms with van der Waals surface area (Å²) in [6, 6.07) is 17.4. The number of fused-ring (bicyclic) bond motifs is 2. The van der Waals surface area contributed by atoms with Crippen LogP contribution >= 0.6 is 23.5 Å². The molecule has 0 amide bonds. The molecule has 0 N–H and O–H groups in total. The largest absolute Gasteiger partial charge is 0.157 e. The highest BCUT2D eigenvalue weighted by Gasteiger charge is 2.08. The molecule has 19 heavy (non-hydrogen) atoms. The molecule has 2 aliphatic rings. The first kappa shape index (κ1) is 13.1. The third-order valence-corrected chi connectivity index (χ3v) is 5.56. The Morgan fingerprint density at radius 2 is 1.05 bits per heavy atom. The van der Waals surface area contributed by atoms with Crippen molar-refractivity contribution in [1.29, 1.82) is 0 Å². The molecule has 0 spiro atoms. The summed E-state index contributed by atoms with van der Waals surface area (Å²) < 4.78 is 0. The van der Waals surface area contributed by atoms with E-state index in [4.69, 9.17) is 0 Å². The Kier molecular flexibility index (Phi) is 4.52. The van der Waals surface area contributed by atoms with E-state index < -0.39 is 0 Å². The van der Waals surface area contributed by atoms with Crippen LogP contribution in [0, 0.1) is 0 Å². The fourth-order valence-corrected chi connectivity index (χ4v) is 4.53. The van der Waals surface area contributed by atoms with Gasteiger partial charge in [0.05, 0.1) is 0 Å². The van der Waals surface area contributed by atoms with Gasteiger partial charge in [0.1, 0.15) is 0 Å². The second kappa shape index (κ2) is 6.53. The summed E-state index contributed by atoms with van der Waals surface area (Å²) in [5.41, 5.74) is 6.16. The summed E-state index contributed by atoms with van der Waals surface area (Å²) in [7, 11) is 0. The molecule has 0 nitrogen and oxygen atoms in total. The predicted molar refractivity (Wildman–Crippen MR) is 87.7 cm³/mol. The lowest BCUT2D eigenvalue weighted by Gasteiger charge is -2.13. The van der Waals surface area contributed by atoms with E-state index in [1.807, 2.05) is 23.5 Å². The summed E-state index contributed by atoms with van der Waals surface area (Å²) in [6.45, 7) is 0. The zero-order chi connectivity index (χ0) is 12.9. The van der Waals surface area contributed by atoms with E-state index >= 15 is 0 Å². The molecule has 98 valence electrons. The smallest absolute Gasteiger partial charge is 0.0190 e. The molecule has 0 saturated carbocycles. The fraction of sp³-hybridized carbons (Fsp3) is 0.294. The first-order valence-electron chi connectivity index (χ1n) is 6.72. The predicted octanol–water partition coefficient (Wildman–Crippen LogP) is 4.91. The van der Waals surface area contributed by atoms with Crippen LogP contribution in [0.1, 0.15) is 22.3 Å². The molecule has 2 heteroatoms. The molecule has 0 unspecified atom stereocenters. The van der Waals surface area contributed by atoms with Gasteiger partial charge in [-0.3, -0.25) is 0 Å². The van der Waals surface area contributed by atoms with Gasteiger partial charge in [0.25, 0.3) is 0 Å². The molecule has 0 aliphatic carbocycles. The number of aryl methyl sites for hydroxylation is 1. The molecule has 2 aromatic rings. The Morgan fingerprint density at radius 1 is 0.579 bits per heavy atom. The molecule has 0 bridgehead atoms. The Morgan fingerprint density at radius 3 is 1.63 bits per heavy atom. The quantitative estimate of drug-likeness (QED) is 0.675. The topological polar surface area (TPSA) is 0 Å². The van der Waals surface area contributed by atoms with Crippen LogP contribution in [0.4, 0.5) is 0 Å². The van der Waals surface area contributed by atoms with Crippen LogP contribution in [0.5, 0.6) is 0 Å². The first-order chi connectivity index (χ1) is 9.43. The second-order valence-electron chi connectivity index (χ2n) is 4.83. The summed E-state index contributed by atoms with van der Waals surface area (Å²) in [4.78, 5) is 0. The zero-order valence-electron chi connectivity index (χ0n) is 11.0. The minimum atomic E-state index is 1.22. The molecule has 0 fully saturated rings. The molecule has 0 atom stereocenters. The Hall–Kier alpha value is -0.860. The van der Waals surface area contributed by atoms with E-state index in [0.717, 1.165) is 0 Å². The van der Waals surface area contributed by atoms with E-state index in [1.54, 1.807) is 11.1 Å². The van der Waals surface area contributed by atoms with Crippen molar-refractivity contribution in [2.75, 3.05) is 5.75 Å². The minimum Gasteiger partial charge on any atom is -0.157 e. The maximum atomic E-state index is 2.25. The Labute approximate surface area is 124 Å². The third kappa shape index (κ3) is 3.37. The van der Waals surface area contributed by atoms with E-state index in [2.05, 4.69) is 48.5 Å². The number of benzene rings is 2. The third-order valence-electron chi connectivity index (χ3n) is 3.53. The molecule has 2 heterocycles. The van der Waals surface area contributed by atoms with Crippen molar-refractivity contribution in [1.82, 2.24) is 0 Å². The summed E-state index contributed by atoms with van der Waals surface area (Å²) in [6.07, 6.45) is 1.26. The highest BCUT2D eigenvalue weighted by atomic mass is 32.2. The molecule has 0 saturated heterocycles. The average molecular weight is 286 g/mol. The zero-order valence-corrected chi connectivity index (χ0v) is 12.6. The second-order valence-corrected chi connectivity index (χ2v) is 6.92. The normalized spacial score (nSPS) is 16.0. The van der Waals surface area contributed by atoms with Crippen molar-refractivity contribution in [3.05, 3.63) is 70.8 Å². The number of thioether (sulfide) groups is 2. The summed E-state index contributed by atoms with van der Waals surface area (Å²) in [5.74, 6) is 4.96. The lowest BCUT2D eigenvalue weighted by atomic mass is 10.1. The van der Waals surface area contributed by atoms with Gasteiger partial charge in [0.2, 0.25) is 0 Å². The van der Waals surface area contributed by atoms with Gasteiger partial charge in [-0.05, 0) is 34.4 Å². The van der Waals surface area contributed by atoms with Crippen molar-refractivity contribution in [3.8, 4) is 0 Å². The SMILES string of the molecule is c1ccc2c(c1)CCSC2.c1ccc2c(c1)CSC2. The number of hydrogen-bond acceptors (Lipinski definition) is 2. The fourth-order valence-electron chi connectivity index (χ4n) is 2.42. The molecule has 2 aliphatic heterocycles. The highest BCUT2D eigenvalue weighted by Crippen LogP contribution is 2.28. The van der Waals surface area contributed by atoms with Crippen LogP contribution in [0.25, 0.3) is 0 Å². The van der Waals surface area contributed by atoms with Gasteiger partial charge >= 0.3 is 0 Å². The van der Waals surface area contributed by atoms with E-state index in [9.17, 15) is 0 Å². The minimum absolute atomic E-state index is 1.22. The molecule has 0 radical (unpaired) electrons. The lowest BCUT2D eigenvalue weighted by Crippen LogP contribution is -2.00. The monoisotopic (exact) mass is 286 g/mol. The average Bonchev–Trinajstić information content (AvgIpc) is 2.96. The van der Waals surface area contributed by atoms with Gasteiger partial charge in [0, 0.05) is 17.3 Å². The van der Waals surface area contributed by atoms with Crippen molar-refractivity contribution in [3.63, 3.8) is 0 Å². The van der Waals surface area contributed by atoms with Gasteiger partial charge in [-0.25, -0.2) is 0 Å².